The average molecular weight is 396 g/mol. The molecule has 9 heteroatoms. The first kappa shape index (κ1) is 17.5. The van der Waals surface area contributed by atoms with Crippen LogP contribution in [0.15, 0.2) is 41.1 Å². The maximum absolute atomic E-state index is 13.4. The molecule has 0 radical (unpaired) electrons. The molecule has 0 fully saturated rings. The zero-order chi connectivity index (χ0) is 17.8. The average Bonchev–Trinajstić information content (AvgIpc) is 3.23. The zero-order valence-corrected chi connectivity index (χ0v) is 15.0. The SMILES string of the molecule is O=C(Cc1csc(NC(=O)c2cccs2)n1)Nc1ccc(Cl)c(F)c1. The molecule has 0 atom stereocenters. The van der Waals surface area contributed by atoms with E-state index in [1.165, 1.54) is 34.8 Å². The van der Waals surface area contributed by atoms with Crippen LogP contribution in [0, 0.1) is 5.82 Å². The summed E-state index contributed by atoms with van der Waals surface area (Å²) in [5.41, 5.74) is 0.826. The first-order valence-electron chi connectivity index (χ1n) is 7.05. The first-order valence-corrected chi connectivity index (χ1v) is 9.19. The number of nitrogens with one attached hydrogen (secondary N) is 2. The van der Waals surface area contributed by atoms with Gasteiger partial charge in [0.05, 0.1) is 22.0 Å². The van der Waals surface area contributed by atoms with Crippen molar-refractivity contribution in [2.45, 2.75) is 6.42 Å². The standard InChI is InChI=1S/C16H11ClFN3O2S2/c17-11-4-3-9(6-12(11)18)19-14(22)7-10-8-25-16(20-10)21-15(23)13-2-1-5-24-13/h1-6,8H,7H2,(H,19,22)(H,20,21,23). The van der Waals surface area contributed by atoms with Crippen molar-refractivity contribution < 1.29 is 14.0 Å². The molecule has 0 spiro atoms. The van der Waals surface area contributed by atoms with E-state index in [1.54, 1.807) is 17.5 Å². The van der Waals surface area contributed by atoms with E-state index >= 15 is 0 Å². The van der Waals surface area contributed by atoms with Crippen molar-refractivity contribution in [3.8, 4) is 0 Å². The fourth-order valence-electron chi connectivity index (χ4n) is 1.96. The van der Waals surface area contributed by atoms with Gasteiger partial charge in [-0.3, -0.25) is 14.9 Å². The van der Waals surface area contributed by atoms with Gasteiger partial charge in [-0.15, -0.1) is 22.7 Å². The molecule has 0 aliphatic carbocycles. The molecule has 3 aromatic rings. The summed E-state index contributed by atoms with van der Waals surface area (Å²) in [4.78, 5) is 28.7. The summed E-state index contributed by atoms with van der Waals surface area (Å²) in [7, 11) is 0. The molecule has 1 aromatic carbocycles. The fraction of sp³-hybridized carbons (Fsp3) is 0.0625. The van der Waals surface area contributed by atoms with E-state index in [9.17, 15) is 14.0 Å². The third kappa shape index (κ3) is 4.62. The van der Waals surface area contributed by atoms with Crippen molar-refractivity contribution in [3.63, 3.8) is 0 Å². The summed E-state index contributed by atoms with van der Waals surface area (Å²) in [6.45, 7) is 0. The molecule has 2 amide bonds. The first-order chi connectivity index (χ1) is 12.0. The molecule has 25 heavy (non-hydrogen) atoms. The van der Waals surface area contributed by atoms with Crippen LogP contribution < -0.4 is 10.6 Å². The quantitative estimate of drug-likeness (QED) is 0.671. The molecule has 0 aliphatic rings. The van der Waals surface area contributed by atoms with E-state index in [2.05, 4.69) is 15.6 Å². The van der Waals surface area contributed by atoms with Crippen LogP contribution in [0.2, 0.25) is 5.02 Å². The van der Waals surface area contributed by atoms with Gasteiger partial charge in [0.2, 0.25) is 5.91 Å². The van der Waals surface area contributed by atoms with E-state index in [4.69, 9.17) is 11.6 Å². The molecule has 0 aliphatic heterocycles. The van der Waals surface area contributed by atoms with E-state index < -0.39 is 5.82 Å². The number of amides is 2. The third-order valence-corrected chi connectivity index (χ3v) is 5.04. The molecule has 0 unspecified atom stereocenters. The molecule has 0 saturated carbocycles. The highest BCUT2D eigenvalue weighted by Crippen LogP contribution is 2.20. The number of thiophene rings is 1. The minimum atomic E-state index is -0.605. The topological polar surface area (TPSA) is 71.1 Å². The Balaban J connectivity index is 1.58. The van der Waals surface area contributed by atoms with Crippen LogP contribution in [0.3, 0.4) is 0 Å². The number of hydrogen-bond donors (Lipinski definition) is 2. The molecular weight excluding hydrogens is 385 g/mol. The smallest absolute Gasteiger partial charge is 0.267 e. The van der Waals surface area contributed by atoms with Crippen molar-refractivity contribution in [3.05, 3.63) is 62.5 Å². The Morgan fingerprint density at radius 3 is 2.76 bits per heavy atom. The Kier molecular flexibility index (Phi) is 5.42. The highest BCUT2D eigenvalue weighted by Gasteiger charge is 2.12. The van der Waals surface area contributed by atoms with Gasteiger partial charge in [0.25, 0.3) is 5.91 Å². The predicted molar refractivity (Wildman–Crippen MR) is 98.1 cm³/mol. The molecular formula is C16H11ClFN3O2S2. The summed E-state index contributed by atoms with van der Waals surface area (Å²) < 4.78 is 13.4. The number of carbonyl (C=O) groups excluding carboxylic acids is 2. The minimum Gasteiger partial charge on any atom is -0.326 e. The summed E-state index contributed by atoms with van der Waals surface area (Å²) in [5, 5.41) is 9.16. The molecule has 0 bridgehead atoms. The number of carbonyl (C=O) groups is 2. The molecule has 2 N–H and O–H groups in total. The molecule has 5 nitrogen and oxygen atoms in total. The van der Waals surface area contributed by atoms with E-state index in [-0.39, 0.29) is 23.3 Å². The normalized spacial score (nSPS) is 10.5. The van der Waals surface area contributed by atoms with Crippen molar-refractivity contribution in [1.29, 1.82) is 0 Å². The Hall–Kier alpha value is -2.29. The lowest BCUT2D eigenvalue weighted by Crippen LogP contribution is -2.15. The highest BCUT2D eigenvalue weighted by atomic mass is 35.5. The largest absolute Gasteiger partial charge is 0.326 e. The Bertz CT molecular complexity index is 912. The summed E-state index contributed by atoms with van der Waals surface area (Å²) in [6, 6.07) is 7.53. The lowest BCUT2D eigenvalue weighted by atomic mass is 10.2. The Morgan fingerprint density at radius 1 is 1.20 bits per heavy atom. The summed E-state index contributed by atoms with van der Waals surface area (Å²) >= 11 is 8.16. The van der Waals surface area contributed by atoms with Crippen molar-refractivity contribution in [2.75, 3.05) is 10.6 Å². The van der Waals surface area contributed by atoms with Gasteiger partial charge < -0.3 is 5.32 Å². The van der Waals surface area contributed by atoms with Gasteiger partial charge in [-0.1, -0.05) is 17.7 Å². The van der Waals surface area contributed by atoms with Crippen molar-refractivity contribution in [2.24, 2.45) is 0 Å². The van der Waals surface area contributed by atoms with Crippen LogP contribution in [0.5, 0.6) is 0 Å². The molecule has 3 rings (SSSR count). The van der Waals surface area contributed by atoms with Gasteiger partial charge >= 0.3 is 0 Å². The summed E-state index contributed by atoms with van der Waals surface area (Å²) in [5.74, 6) is -1.19. The maximum atomic E-state index is 13.4. The van der Waals surface area contributed by atoms with E-state index in [1.807, 2.05) is 5.38 Å². The predicted octanol–water partition coefficient (Wildman–Crippen LogP) is 4.43. The lowest BCUT2D eigenvalue weighted by molar-refractivity contribution is -0.115. The number of halogens is 2. The van der Waals surface area contributed by atoms with Gasteiger partial charge in [-0.25, -0.2) is 9.37 Å². The second-order valence-corrected chi connectivity index (χ2v) is 7.14. The van der Waals surface area contributed by atoms with E-state index in [0.717, 1.165) is 6.07 Å². The molecule has 2 aromatic heterocycles. The second-order valence-electron chi connectivity index (χ2n) is 4.93. The van der Waals surface area contributed by atoms with Crippen LogP contribution in [-0.4, -0.2) is 16.8 Å². The molecule has 2 heterocycles. The minimum absolute atomic E-state index is 0.00954. The van der Waals surface area contributed by atoms with Crippen LogP contribution in [0.1, 0.15) is 15.4 Å². The fourth-order valence-corrected chi connectivity index (χ4v) is 3.40. The lowest BCUT2D eigenvalue weighted by Gasteiger charge is -2.04. The van der Waals surface area contributed by atoms with Gasteiger partial charge in [0.15, 0.2) is 5.13 Å². The monoisotopic (exact) mass is 395 g/mol. The van der Waals surface area contributed by atoms with Crippen molar-refractivity contribution in [1.82, 2.24) is 4.98 Å². The van der Waals surface area contributed by atoms with Gasteiger partial charge in [-0.05, 0) is 29.6 Å². The Labute approximate surface area is 155 Å². The zero-order valence-electron chi connectivity index (χ0n) is 12.6. The molecule has 128 valence electrons. The van der Waals surface area contributed by atoms with Crippen molar-refractivity contribution >= 4 is 56.9 Å². The second kappa shape index (κ2) is 7.73. The summed E-state index contributed by atoms with van der Waals surface area (Å²) in [6.07, 6.45) is 0.00954. The van der Waals surface area contributed by atoms with Crippen LogP contribution in [0.4, 0.5) is 15.2 Å². The number of hydrogen-bond acceptors (Lipinski definition) is 5. The maximum Gasteiger partial charge on any atom is 0.267 e. The highest BCUT2D eigenvalue weighted by molar-refractivity contribution is 7.14. The molecule has 0 saturated heterocycles. The van der Waals surface area contributed by atoms with Crippen LogP contribution >= 0.6 is 34.3 Å². The number of thiazole rings is 1. The Morgan fingerprint density at radius 2 is 2.04 bits per heavy atom. The number of aromatic nitrogens is 1. The number of rotatable bonds is 5. The van der Waals surface area contributed by atoms with Gasteiger partial charge in [0, 0.05) is 11.1 Å². The van der Waals surface area contributed by atoms with E-state index in [0.29, 0.717) is 21.4 Å². The van der Waals surface area contributed by atoms with Crippen LogP contribution in [0.25, 0.3) is 0 Å². The number of nitrogens with zero attached hydrogens (tertiary/aromatic N) is 1. The van der Waals surface area contributed by atoms with Crippen LogP contribution in [-0.2, 0) is 11.2 Å². The number of benzene rings is 1. The van der Waals surface area contributed by atoms with Gasteiger partial charge in [-0.2, -0.15) is 0 Å². The number of anilines is 2. The third-order valence-electron chi connectivity index (χ3n) is 3.06. The van der Waals surface area contributed by atoms with Gasteiger partial charge in [0.1, 0.15) is 5.82 Å².